The largest absolute Gasteiger partial charge is 0.458 e. The molecule has 110 valence electrons. The fourth-order valence-electron chi connectivity index (χ4n) is 1.15. The molecule has 0 fully saturated rings. The summed E-state index contributed by atoms with van der Waals surface area (Å²) < 4.78 is 59.0. The summed E-state index contributed by atoms with van der Waals surface area (Å²) in [6.07, 6.45) is 0. The van der Waals surface area contributed by atoms with Crippen molar-refractivity contribution >= 4 is 11.9 Å². The van der Waals surface area contributed by atoms with Gasteiger partial charge in [0.05, 0.1) is 5.56 Å². The molecule has 0 unspecified atom stereocenters. The lowest BCUT2D eigenvalue weighted by Crippen LogP contribution is -2.28. The second-order valence-electron chi connectivity index (χ2n) is 3.82. The van der Waals surface area contributed by atoms with Gasteiger partial charge in [-0.05, 0) is 12.1 Å². The van der Waals surface area contributed by atoms with Crippen LogP contribution in [0.2, 0.25) is 0 Å². The molecule has 1 aromatic rings. The molecule has 0 saturated carbocycles. The van der Waals surface area contributed by atoms with Crippen LogP contribution in [0.25, 0.3) is 0 Å². The first kappa shape index (κ1) is 15.9. The third kappa shape index (κ3) is 4.87. The molecule has 0 N–H and O–H groups in total. The van der Waals surface area contributed by atoms with E-state index < -0.39 is 42.7 Å². The smallest absolute Gasteiger partial charge is 0.376 e. The van der Waals surface area contributed by atoms with E-state index in [-0.39, 0.29) is 5.56 Å². The fraction of sp³-hybridized carbons (Fsp3) is 0.333. The van der Waals surface area contributed by atoms with Crippen LogP contribution in [0.4, 0.5) is 17.6 Å². The van der Waals surface area contributed by atoms with Crippen molar-refractivity contribution in [2.24, 2.45) is 0 Å². The molecule has 0 aromatic heterocycles. The van der Waals surface area contributed by atoms with Gasteiger partial charge in [0.25, 0.3) is 0 Å². The van der Waals surface area contributed by atoms with E-state index in [1.807, 2.05) is 0 Å². The van der Waals surface area contributed by atoms with Crippen molar-refractivity contribution in [2.45, 2.75) is 12.8 Å². The minimum atomic E-state index is -3.64. The predicted octanol–water partition coefficient (Wildman–Crippen LogP) is 2.32. The maximum absolute atomic E-state index is 12.8. The number of esters is 2. The number of alkyl halides is 2. The van der Waals surface area contributed by atoms with Crippen molar-refractivity contribution in [3.8, 4) is 0 Å². The third-order valence-corrected chi connectivity index (χ3v) is 2.01. The lowest BCUT2D eigenvalue weighted by Gasteiger charge is -2.10. The second-order valence-corrected chi connectivity index (χ2v) is 3.82. The number of hydrogen-bond acceptors (Lipinski definition) is 4. The van der Waals surface area contributed by atoms with Crippen molar-refractivity contribution in [1.82, 2.24) is 0 Å². The first-order chi connectivity index (χ1) is 9.20. The molecule has 20 heavy (non-hydrogen) atoms. The second kappa shape index (κ2) is 6.36. The molecule has 1 aromatic carbocycles. The number of carbonyl (C=O) groups excluding carboxylic acids is 2. The molecule has 0 amide bonds. The van der Waals surface area contributed by atoms with Gasteiger partial charge in [0.2, 0.25) is 0 Å². The third-order valence-electron chi connectivity index (χ3n) is 2.01. The van der Waals surface area contributed by atoms with Crippen LogP contribution in [-0.4, -0.2) is 31.1 Å². The summed E-state index contributed by atoms with van der Waals surface area (Å²) in [5.41, 5.74) is -0.380. The summed E-state index contributed by atoms with van der Waals surface area (Å²) in [5, 5.41) is 0. The zero-order chi connectivity index (χ0) is 15.3. The predicted molar refractivity (Wildman–Crippen MR) is 58.2 cm³/mol. The minimum absolute atomic E-state index is 0.358. The minimum Gasteiger partial charge on any atom is -0.458 e. The number of carbonyl (C=O) groups is 2. The Morgan fingerprint density at radius 1 is 1.05 bits per heavy atom. The summed E-state index contributed by atoms with van der Waals surface area (Å²) in [6, 6.07) is 2.07. The van der Waals surface area contributed by atoms with Crippen LogP contribution in [0.3, 0.4) is 0 Å². The number of rotatable bonds is 5. The van der Waals surface area contributed by atoms with Crippen molar-refractivity contribution in [3.05, 3.63) is 35.4 Å². The van der Waals surface area contributed by atoms with Gasteiger partial charge in [0.15, 0.2) is 0 Å². The summed E-state index contributed by atoms with van der Waals surface area (Å²) in [6.45, 7) is -0.749. The quantitative estimate of drug-likeness (QED) is 0.475. The number of halogens is 4. The van der Waals surface area contributed by atoms with E-state index in [2.05, 4.69) is 9.47 Å². The number of ether oxygens (including phenoxy) is 2. The number of benzene rings is 1. The topological polar surface area (TPSA) is 52.6 Å². The van der Waals surface area contributed by atoms with Gasteiger partial charge in [-0.1, -0.05) is 0 Å². The van der Waals surface area contributed by atoms with E-state index in [9.17, 15) is 27.2 Å². The standard InChI is InChI=1S/C12H10F4O4/c1-12(15,16)11(18)20-3-2-19-10(17)7-4-8(13)6-9(14)5-7/h4-6H,2-3H2,1H3. The first-order valence-electron chi connectivity index (χ1n) is 5.38. The van der Waals surface area contributed by atoms with Crippen LogP contribution in [0.1, 0.15) is 17.3 Å². The first-order valence-corrected chi connectivity index (χ1v) is 5.38. The van der Waals surface area contributed by atoms with Crippen molar-refractivity contribution in [1.29, 1.82) is 0 Å². The Hall–Kier alpha value is -2.12. The molecule has 0 aliphatic heterocycles. The van der Waals surface area contributed by atoms with Crippen molar-refractivity contribution in [2.75, 3.05) is 13.2 Å². The normalized spacial score (nSPS) is 11.1. The average molecular weight is 294 g/mol. The van der Waals surface area contributed by atoms with Crippen molar-refractivity contribution in [3.63, 3.8) is 0 Å². The van der Waals surface area contributed by atoms with Crippen LogP contribution >= 0.6 is 0 Å². The molecular formula is C12H10F4O4. The maximum Gasteiger partial charge on any atom is 0.376 e. The van der Waals surface area contributed by atoms with E-state index in [1.165, 1.54) is 0 Å². The van der Waals surface area contributed by atoms with Gasteiger partial charge in [0, 0.05) is 13.0 Å². The Morgan fingerprint density at radius 3 is 2.05 bits per heavy atom. The van der Waals surface area contributed by atoms with Crippen LogP contribution in [0.5, 0.6) is 0 Å². The van der Waals surface area contributed by atoms with E-state index >= 15 is 0 Å². The molecule has 0 bridgehead atoms. The summed E-state index contributed by atoms with van der Waals surface area (Å²) in [5.74, 6) is -8.40. The lowest BCUT2D eigenvalue weighted by atomic mass is 10.2. The van der Waals surface area contributed by atoms with Crippen LogP contribution in [-0.2, 0) is 14.3 Å². The van der Waals surface area contributed by atoms with Gasteiger partial charge in [0.1, 0.15) is 24.8 Å². The molecule has 0 aliphatic rings. The molecule has 4 nitrogen and oxygen atoms in total. The van der Waals surface area contributed by atoms with E-state index in [0.29, 0.717) is 13.0 Å². The van der Waals surface area contributed by atoms with Crippen LogP contribution in [0, 0.1) is 11.6 Å². The van der Waals surface area contributed by atoms with Gasteiger partial charge in [-0.3, -0.25) is 0 Å². The van der Waals surface area contributed by atoms with Gasteiger partial charge in [-0.25, -0.2) is 18.4 Å². The highest BCUT2D eigenvalue weighted by Gasteiger charge is 2.34. The number of hydrogen-bond donors (Lipinski definition) is 0. The van der Waals surface area contributed by atoms with Gasteiger partial charge in [-0.2, -0.15) is 8.78 Å². The summed E-state index contributed by atoms with van der Waals surface area (Å²) in [7, 11) is 0. The highest BCUT2D eigenvalue weighted by molar-refractivity contribution is 5.89. The van der Waals surface area contributed by atoms with Gasteiger partial charge < -0.3 is 9.47 Å². The molecule has 0 heterocycles. The molecular weight excluding hydrogens is 284 g/mol. The van der Waals surface area contributed by atoms with Gasteiger partial charge >= 0.3 is 17.9 Å². The molecule has 0 saturated heterocycles. The monoisotopic (exact) mass is 294 g/mol. The molecule has 1 rings (SSSR count). The zero-order valence-electron chi connectivity index (χ0n) is 10.3. The highest BCUT2D eigenvalue weighted by Crippen LogP contribution is 2.13. The molecule has 0 atom stereocenters. The average Bonchev–Trinajstić information content (AvgIpc) is 2.31. The SMILES string of the molecule is CC(F)(F)C(=O)OCCOC(=O)c1cc(F)cc(F)c1. The maximum atomic E-state index is 12.8. The highest BCUT2D eigenvalue weighted by atomic mass is 19.3. The van der Waals surface area contributed by atoms with E-state index in [0.717, 1.165) is 12.1 Å². The Morgan fingerprint density at radius 2 is 1.55 bits per heavy atom. The Labute approximate surface area is 111 Å². The Kier molecular flexibility index (Phi) is 5.06. The molecule has 0 spiro atoms. The Balaban J connectivity index is 2.43. The zero-order valence-corrected chi connectivity index (χ0v) is 10.3. The van der Waals surface area contributed by atoms with E-state index in [4.69, 9.17) is 0 Å². The fourth-order valence-corrected chi connectivity index (χ4v) is 1.15. The summed E-state index contributed by atoms with van der Waals surface area (Å²) >= 11 is 0. The van der Waals surface area contributed by atoms with Crippen LogP contribution in [0.15, 0.2) is 18.2 Å². The van der Waals surface area contributed by atoms with Crippen molar-refractivity contribution < 1.29 is 36.6 Å². The van der Waals surface area contributed by atoms with E-state index in [1.54, 1.807) is 0 Å². The molecule has 0 aliphatic carbocycles. The van der Waals surface area contributed by atoms with Crippen LogP contribution < -0.4 is 0 Å². The molecule has 0 radical (unpaired) electrons. The van der Waals surface area contributed by atoms with Gasteiger partial charge in [-0.15, -0.1) is 0 Å². The molecule has 8 heteroatoms. The lowest BCUT2D eigenvalue weighted by molar-refractivity contribution is -0.170. The summed E-state index contributed by atoms with van der Waals surface area (Å²) in [4.78, 5) is 22.0. The Bertz CT molecular complexity index is 490.